The molecule has 2 N–H and O–H groups in total. The van der Waals surface area contributed by atoms with E-state index >= 15 is 0 Å². The number of nitrogens with two attached hydrogens (primary N) is 1. The lowest BCUT2D eigenvalue weighted by atomic mass is 9.96. The summed E-state index contributed by atoms with van der Waals surface area (Å²) in [5, 5.41) is 0. The van der Waals surface area contributed by atoms with Crippen LogP contribution in [0, 0.1) is 0 Å². The van der Waals surface area contributed by atoms with Gasteiger partial charge in [-0.25, -0.2) is 0 Å². The third-order valence-corrected chi connectivity index (χ3v) is 3.87. The molecule has 112 valence electrons. The largest absolute Gasteiger partial charge is 0.385 e. The fourth-order valence-corrected chi connectivity index (χ4v) is 2.80. The van der Waals surface area contributed by atoms with Crippen molar-refractivity contribution < 1.29 is 9.47 Å². The minimum absolute atomic E-state index is 0.437. The number of nitrogens with zero attached hydrogens (tertiary/aromatic N) is 1. The summed E-state index contributed by atoms with van der Waals surface area (Å²) in [5.41, 5.74) is 8.68. The monoisotopic (exact) mass is 278 g/mol. The van der Waals surface area contributed by atoms with Crippen LogP contribution in [0.25, 0.3) is 0 Å². The summed E-state index contributed by atoms with van der Waals surface area (Å²) in [6, 6.07) is 9.06. The van der Waals surface area contributed by atoms with Gasteiger partial charge in [0.15, 0.2) is 0 Å². The molecular formula is C16H26N2O2. The molecule has 1 atom stereocenters. The Bertz CT molecular complexity index is 398. The van der Waals surface area contributed by atoms with Crippen molar-refractivity contribution in [2.24, 2.45) is 5.73 Å². The zero-order chi connectivity index (χ0) is 14.2. The Balaban J connectivity index is 1.87. The zero-order valence-corrected chi connectivity index (χ0v) is 12.4. The number of aryl methyl sites for hydroxylation is 1. The maximum atomic E-state index is 5.92. The van der Waals surface area contributed by atoms with Crippen molar-refractivity contribution in [2.45, 2.75) is 25.3 Å². The predicted octanol–water partition coefficient (Wildman–Crippen LogP) is 1.82. The highest BCUT2D eigenvalue weighted by Crippen LogP contribution is 2.29. The number of para-hydroxylation sites is 1. The molecule has 1 aromatic carbocycles. The third kappa shape index (κ3) is 3.95. The number of rotatable bonds is 8. The van der Waals surface area contributed by atoms with Gasteiger partial charge in [-0.1, -0.05) is 18.2 Å². The minimum atomic E-state index is 0.437. The van der Waals surface area contributed by atoms with E-state index in [0.717, 1.165) is 45.6 Å². The molecule has 0 amide bonds. The van der Waals surface area contributed by atoms with E-state index in [1.54, 1.807) is 7.11 Å². The van der Waals surface area contributed by atoms with E-state index in [1.807, 2.05) is 0 Å². The number of hydrogen-bond acceptors (Lipinski definition) is 4. The van der Waals surface area contributed by atoms with Gasteiger partial charge in [-0.3, -0.25) is 0 Å². The van der Waals surface area contributed by atoms with Crippen molar-refractivity contribution in [1.82, 2.24) is 0 Å². The molecule has 0 bridgehead atoms. The fourth-order valence-electron chi connectivity index (χ4n) is 2.80. The quantitative estimate of drug-likeness (QED) is 0.737. The third-order valence-electron chi connectivity index (χ3n) is 3.87. The molecule has 2 rings (SSSR count). The average Bonchev–Trinajstić information content (AvgIpc) is 2.50. The number of anilines is 1. The smallest absolute Gasteiger partial charge is 0.0641 e. The molecule has 1 aliphatic heterocycles. The molecule has 20 heavy (non-hydrogen) atoms. The van der Waals surface area contributed by atoms with Crippen molar-refractivity contribution in [3.05, 3.63) is 29.8 Å². The van der Waals surface area contributed by atoms with Crippen LogP contribution < -0.4 is 10.6 Å². The number of fused-ring (bicyclic) bond motifs is 1. The predicted molar refractivity (Wildman–Crippen MR) is 82.3 cm³/mol. The highest BCUT2D eigenvalue weighted by atomic mass is 16.5. The number of benzene rings is 1. The first kappa shape index (κ1) is 15.3. The van der Waals surface area contributed by atoms with E-state index in [4.69, 9.17) is 15.2 Å². The van der Waals surface area contributed by atoms with E-state index in [9.17, 15) is 0 Å². The molecule has 1 aliphatic rings. The SMILES string of the molecule is COCCCOCCN1c2ccccc2CCC1CN. The summed E-state index contributed by atoms with van der Waals surface area (Å²) < 4.78 is 10.7. The van der Waals surface area contributed by atoms with Crippen LogP contribution in [0.2, 0.25) is 0 Å². The first-order chi connectivity index (χ1) is 9.86. The second-order valence-electron chi connectivity index (χ2n) is 5.21. The number of methoxy groups -OCH3 is 1. The molecule has 0 radical (unpaired) electrons. The lowest BCUT2D eigenvalue weighted by molar-refractivity contribution is 0.106. The summed E-state index contributed by atoms with van der Waals surface area (Å²) in [4.78, 5) is 2.41. The summed E-state index contributed by atoms with van der Waals surface area (Å²) in [5.74, 6) is 0. The van der Waals surface area contributed by atoms with Gasteiger partial charge in [-0.2, -0.15) is 0 Å². The van der Waals surface area contributed by atoms with Gasteiger partial charge in [0, 0.05) is 45.1 Å². The van der Waals surface area contributed by atoms with Gasteiger partial charge in [0.1, 0.15) is 0 Å². The van der Waals surface area contributed by atoms with Crippen LogP contribution in [-0.2, 0) is 15.9 Å². The van der Waals surface area contributed by atoms with Gasteiger partial charge in [0.2, 0.25) is 0 Å². The molecule has 0 saturated heterocycles. The van der Waals surface area contributed by atoms with Crippen LogP contribution in [0.15, 0.2) is 24.3 Å². The highest BCUT2D eigenvalue weighted by molar-refractivity contribution is 5.56. The van der Waals surface area contributed by atoms with Crippen LogP contribution in [0.1, 0.15) is 18.4 Å². The second kappa shape index (κ2) is 8.25. The molecule has 4 heteroatoms. The Morgan fingerprint density at radius 2 is 2.10 bits per heavy atom. The lowest BCUT2D eigenvalue weighted by Gasteiger charge is -2.38. The Morgan fingerprint density at radius 1 is 1.25 bits per heavy atom. The van der Waals surface area contributed by atoms with Crippen molar-refractivity contribution in [3.63, 3.8) is 0 Å². The van der Waals surface area contributed by atoms with Gasteiger partial charge >= 0.3 is 0 Å². The molecule has 0 saturated carbocycles. The van der Waals surface area contributed by atoms with Crippen molar-refractivity contribution >= 4 is 5.69 Å². The topological polar surface area (TPSA) is 47.7 Å². The van der Waals surface area contributed by atoms with Crippen LogP contribution in [0.3, 0.4) is 0 Å². The van der Waals surface area contributed by atoms with E-state index in [-0.39, 0.29) is 0 Å². The fraction of sp³-hybridized carbons (Fsp3) is 0.625. The second-order valence-corrected chi connectivity index (χ2v) is 5.21. The number of ether oxygens (including phenoxy) is 2. The summed E-state index contributed by atoms with van der Waals surface area (Å²) in [6.45, 7) is 3.88. The van der Waals surface area contributed by atoms with Gasteiger partial charge in [-0.05, 0) is 30.9 Å². The molecule has 0 fully saturated rings. The van der Waals surface area contributed by atoms with Crippen molar-refractivity contribution in [3.8, 4) is 0 Å². The van der Waals surface area contributed by atoms with Gasteiger partial charge < -0.3 is 20.1 Å². The molecule has 1 aromatic rings. The molecule has 0 aliphatic carbocycles. The van der Waals surface area contributed by atoms with E-state index in [1.165, 1.54) is 11.3 Å². The maximum Gasteiger partial charge on any atom is 0.0641 e. The van der Waals surface area contributed by atoms with E-state index in [2.05, 4.69) is 29.2 Å². The molecule has 0 spiro atoms. The van der Waals surface area contributed by atoms with Crippen LogP contribution in [0.5, 0.6) is 0 Å². The molecule has 4 nitrogen and oxygen atoms in total. The van der Waals surface area contributed by atoms with Crippen molar-refractivity contribution in [1.29, 1.82) is 0 Å². The van der Waals surface area contributed by atoms with Gasteiger partial charge in [-0.15, -0.1) is 0 Å². The number of hydrogen-bond donors (Lipinski definition) is 1. The molecule has 1 unspecified atom stereocenters. The Kier molecular flexibility index (Phi) is 6.30. The van der Waals surface area contributed by atoms with Crippen LogP contribution >= 0.6 is 0 Å². The average molecular weight is 278 g/mol. The normalized spacial score (nSPS) is 18.1. The maximum absolute atomic E-state index is 5.92. The summed E-state index contributed by atoms with van der Waals surface area (Å²) in [7, 11) is 1.72. The molecular weight excluding hydrogens is 252 g/mol. The Morgan fingerprint density at radius 3 is 2.90 bits per heavy atom. The molecule has 0 aromatic heterocycles. The van der Waals surface area contributed by atoms with Gasteiger partial charge in [0.25, 0.3) is 0 Å². The van der Waals surface area contributed by atoms with E-state index < -0.39 is 0 Å². The van der Waals surface area contributed by atoms with Crippen molar-refractivity contribution in [2.75, 3.05) is 44.9 Å². The standard InChI is InChI=1S/C16H26N2O2/c1-19-10-4-11-20-12-9-18-15(13-17)8-7-14-5-2-3-6-16(14)18/h2-3,5-6,15H,4,7-13,17H2,1H3. The summed E-state index contributed by atoms with van der Waals surface area (Å²) >= 11 is 0. The van der Waals surface area contributed by atoms with Crippen LogP contribution in [-0.4, -0.2) is 46.1 Å². The Labute approximate surface area is 121 Å². The first-order valence-electron chi connectivity index (χ1n) is 7.48. The molecule has 1 heterocycles. The first-order valence-corrected chi connectivity index (χ1v) is 7.48. The lowest BCUT2D eigenvalue weighted by Crippen LogP contribution is -2.45. The zero-order valence-electron chi connectivity index (χ0n) is 12.4. The van der Waals surface area contributed by atoms with E-state index in [0.29, 0.717) is 12.6 Å². The summed E-state index contributed by atoms with van der Waals surface area (Å²) in [6.07, 6.45) is 3.22. The highest BCUT2D eigenvalue weighted by Gasteiger charge is 2.24. The van der Waals surface area contributed by atoms with Gasteiger partial charge in [0.05, 0.1) is 6.61 Å². The Hall–Kier alpha value is -1.10. The minimum Gasteiger partial charge on any atom is -0.385 e. The van der Waals surface area contributed by atoms with Crippen LogP contribution in [0.4, 0.5) is 5.69 Å².